The van der Waals surface area contributed by atoms with E-state index in [4.69, 9.17) is 0 Å². The predicted octanol–water partition coefficient (Wildman–Crippen LogP) is 0.0371. The van der Waals surface area contributed by atoms with Crippen LogP contribution in [0.2, 0.25) is 0 Å². The molecule has 3 aliphatic heterocycles. The smallest absolute Gasteiger partial charge is 0.255 e. The Labute approximate surface area is 173 Å². The van der Waals surface area contributed by atoms with Gasteiger partial charge in [0.15, 0.2) is 0 Å². The predicted molar refractivity (Wildman–Crippen MR) is 107 cm³/mol. The van der Waals surface area contributed by atoms with Crippen molar-refractivity contribution < 1.29 is 14.4 Å². The number of fused-ring (bicyclic) bond motifs is 2. The molecule has 1 fully saturated rings. The number of benzene rings is 1. The number of aromatic nitrogens is 2. The van der Waals surface area contributed by atoms with Crippen LogP contribution in [0.5, 0.6) is 0 Å². The standard InChI is InChI=1S/C21H24N6O3/c28-18-5-4-17(20(29)24-18)26-12-14-3-1-2-13(19(14)21(26)30)9-23-10-15-8-16-11-22-6-7-27(16)25-15/h1-3,8,17,22-23H,4-7,9-12H2,(H,24,28,29). The van der Waals surface area contributed by atoms with Gasteiger partial charge in [-0.05, 0) is 23.6 Å². The Morgan fingerprint density at radius 1 is 1.20 bits per heavy atom. The molecule has 5 rings (SSSR count). The van der Waals surface area contributed by atoms with Gasteiger partial charge < -0.3 is 15.5 Å². The minimum Gasteiger partial charge on any atom is -0.322 e. The Kier molecular flexibility index (Phi) is 4.84. The quantitative estimate of drug-likeness (QED) is 0.603. The van der Waals surface area contributed by atoms with Gasteiger partial charge in [-0.15, -0.1) is 0 Å². The fourth-order valence-electron chi connectivity index (χ4n) is 4.50. The van der Waals surface area contributed by atoms with Crippen LogP contribution < -0.4 is 16.0 Å². The van der Waals surface area contributed by atoms with E-state index in [2.05, 4.69) is 27.1 Å². The fourth-order valence-corrected chi connectivity index (χ4v) is 4.50. The van der Waals surface area contributed by atoms with Gasteiger partial charge in [0, 0.05) is 44.7 Å². The Morgan fingerprint density at radius 3 is 2.93 bits per heavy atom. The van der Waals surface area contributed by atoms with E-state index in [1.807, 2.05) is 22.9 Å². The molecule has 3 aliphatic rings. The van der Waals surface area contributed by atoms with Gasteiger partial charge in [0.25, 0.3) is 5.91 Å². The minimum absolute atomic E-state index is 0.138. The Balaban J connectivity index is 1.27. The molecule has 0 bridgehead atoms. The van der Waals surface area contributed by atoms with Crippen LogP contribution in [0.15, 0.2) is 24.3 Å². The molecule has 3 N–H and O–H groups in total. The summed E-state index contributed by atoms with van der Waals surface area (Å²) in [5.74, 6) is -0.798. The number of piperidine rings is 1. The summed E-state index contributed by atoms with van der Waals surface area (Å²) in [5.41, 5.74) is 4.68. The van der Waals surface area contributed by atoms with Gasteiger partial charge >= 0.3 is 0 Å². The molecule has 1 aromatic carbocycles. The van der Waals surface area contributed by atoms with E-state index >= 15 is 0 Å². The maximum absolute atomic E-state index is 13.1. The molecule has 9 heteroatoms. The Morgan fingerprint density at radius 2 is 2.10 bits per heavy atom. The molecule has 1 atom stereocenters. The molecule has 9 nitrogen and oxygen atoms in total. The van der Waals surface area contributed by atoms with Crippen molar-refractivity contribution in [1.82, 2.24) is 30.6 Å². The summed E-state index contributed by atoms with van der Waals surface area (Å²) >= 11 is 0. The van der Waals surface area contributed by atoms with E-state index < -0.39 is 6.04 Å². The van der Waals surface area contributed by atoms with Crippen LogP contribution in [0, 0.1) is 0 Å². The Bertz CT molecular complexity index is 1010. The zero-order chi connectivity index (χ0) is 20.7. The van der Waals surface area contributed by atoms with E-state index in [0.717, 1.165) is 36.5 Å². The average molecular weight is 408 g/mol. The number of imide groups is 1. The molecule has 1 aromatic heterocycles. The van der Waals surface area contributed by atoms with Crippen molar-refractivity contribution in [1.29, 1.82) is 0 Å². The number of nitrogens with one attached hydrogen (secondary N) is 3. The highest BCUT2D eigenvalue weighted by Crippen LogP contribution is 2.29. The van der Waals surface area contributed by atoms with E-state index in [9.17, 15) is 14.4 Å². The van der Waals surface area contributed by atoms with Crippen LogP contribution in [0.3, 0.4) is 0 Å². The molecule has 2 aromatic rings. The summed E-state index contributed by atoms with van der Waals surface area (Å²) in [6.07, 6.45) is 0.632. The summed E-state index contributed by atoms with van der Waals surface area (Å²) < 4.78 is 2.04. The first kappa shape index (κ1) is 19.0. The molecule has 4 heterocycles. The summed E-state index contributed by atoms with van der Waals surface area (Å²) in [7, 11) is 0. The summed E-state index contributed by atoms with van der Waals surface area (Å²) in [6.45, 7) is 4.21. The average Bonchev–Trinajstić information content (AvgIpc) is 3.29. The van der Waals surface area contributed by atoms with Gasteiger partial charge in [-0.3, -0.25) is 24.4 Å². The first-order chi connectivity index (χ1) is 14.6. The zero-order valence-corrected chi connectivity index (χ0v) is 16.6. The van der Waals surface area contributed by atoms with Crippen LogP contribution in [-0.2, 0) is 42.3 Å². The van der Waals surface area contributed by atoms with Gasteiger partial charge in [0.05, 0.1) is 17.9 Å². The lowest BCUT2D eigenvalue weighted by Gasteiger charge is -2.29. The van der Waals surface area contributed by atoms with Crippen LogP contribution in [0.25, 0.3) is 0 Å². The Hall–Kier alpha value is -3.04. The maximum Gasteiger partial charge on any atom is 0.255 e. The van der Waals surface area contributed by atoms with Crippen LogP contribution in [0.1, 0.15) is 45.7 Å². The van der Waals surface area contributed by atoms with Crippen molar-refractivity contribution in [3.8, 4) is 0 Å². The van der Waals surface area contributed by atoms with Crippen LogP contribution >= 0.6 is 0 Å². The highest BCUT2D eigenvalue weighted by atomic mass is 16.2. The SMILES string of the molecule is O=C1CCC(N2Cc3cccc(CNCc4cc5n(n4)CCNC5)c3C2=O)C(=O)N1. The maximum atomic E-state index is 13.1. The summed E-state index contributed by atoms with van der Waals surface area (Å²) in [5, 5.41) is 13.7. The van der Waals surface area contributed by atoms with E-state index in [0.29, 0.717) is 31.6 Å². The summed E-state index contributed by atoms with van der Waals surface area (Å²) in [4.78, 5) is 38.4. The third-order valence-electron chi connectivity index (χ3n) is 5.98. The van der Waals surface area contributed by atoms with Crippen LogP contribution in [0.4, 0.5) is 0 Å². The molecule has 0 aliphatic carbocycles. The molecular weight excluding hydrogens is 384 g/mol. The highest BCUT2D eigenvalue weighted by Gasteiger charge is 2.39. The largest absolute Gasteiger partial charge is 0.322 e. The van der Waals surface area contributed by atoms with E-state index in [1.54, 1.807) is 4.90 Å². The molecule has 1 saturated heterocycles. The number of amides is 3. The third-order valence-corrected chi connectivity index (χ3v) is 5.98. The second-order valence-corrected chi connectivity index (χ2v) is 7.98. The van der Waals surface area contributed by atoms with Crippen molar-refractivity contribution in [3.63, 3.8) is 0 Å². The minimum atomic E-state index is -0.589. The van der Waals surface area contributed by atoms with Gasteiger partial charge in [0.1, 0.15) is 6.04 Å². The second kappa shape index (κ2) is 7.66. The lowest BCUT2D eigenvalue weighted by molar-refractivity contribution is -0.136. The molecule has 0 spiro atoms. The van der Waals surface area contributed by atoms with Gasteiger partial charge in [-0.25, -0.2) is 0 Å². The number of rotatable bonds is 5. The van der Waals surface area contributed by atoms with Crippen molar-refractivity contribution in [2.24, 2.45) is 0 Å². The van der Waals surface area contributed by atoms with Gasteiger partial charge in [0.2, 0.25) is 11.8 Å². The van der Waals surface area contributed by atoms with E-state index in [1.165, 1.54) is 5.69 Å². The van der Waals surface area contributed by atoms with Crippen molar-refractivity contribution in [2.75, 3.05) is 6.54 Å². The number of nitrogens with zero attached hydrogens (tertiary/aromatic N) is 3. The number of carbonyl (C=O) groups is 3. The number of hydrogen-bond donors (Lipinski definition) is 3. The second-order valence-electron chi connectivity index (χ2n) is 7.98. The summed E-state index contributed by atoms with van der Waals surface area (Å²) in [6, 6.07) is 7.33. The first-order valence-corrected chi connectivity index (χ1v) is 10.3. The molecule has 30 heavy (non-hydrogen) atoms. The molecule has 1 unspecified atom stereocenters. The van der Waals surface area contributed by atoms with Gasteiger partial charge in [-0.2, -0.15) is 5.10 Å². The molecule has 0 saturated carbocycles. The third kappa shape index (κ3) is 3.40. The monoisotopic (exact) mass is 408 g/mol. The normalized spacial score (nSPS) is 20.9. The molecule has 3 amide bonds. The highest BCUT2D eigenvalue weighted by molar-refractivity contribution is 6.05. The lowest BCUT2D eigenvalue weighted by Crippen LogP contribution is -2.52. The van der Waals surface area contributed by atoms with Crippen molar-refractivity contribution >= 4 is 17.7 Å². The van der Waals surface area contributed by atoms with Crippen molar-refractivity contribution in [2.45, 2.75) is 51.6 Å². The topological polar surface area (TPSA) is 108 Å². The molecule has 0 radical (unpaired) electrons. The first-order valence-electron chi connectivity index (χ1n) is 10.3. The fraction of sp³-hybridized carbons (Fsp3) is 0.429. The van der Waals surface area contributed by atoms with Crippen LogP contribution in [-0.4, -0.2) is 45.0 Å². The number of carbonyl (C=O) groups excluding carboxylic acids is 3. The zero-order valence-electron chi connectivity index (χ0n) is 16.6. The van der Waals surface area contributed by atoms with Gasteiger partial charge in [-0.1, -0.05) is 18.2 Å². The molecular formula is C21H24N6O3. The lowest BCUT2D eigenvalue weighted by atomic mass is 10.0. The molecule has 156 valence electrons. The van der Waals surface area contributed by atoms with E-state index in [-0.39, 0.29) is 24.1 Å². The van der Waals surface area contributed by atoms with Crippen molar-refractivity contribution in [3.05, 3.63) is 52.3 Å². The number of hydrogen-bond acceptors (Lipinski definition) is 6.